The summed E-state index contributed by atoms with van der Waals surface area (Å²) in [5.74, 6) is -23.3. The van der Waals surface area contributed by atoms with Crippen LogP contribution in [0.25, 0.3) is 0 Å². The molecule has 234 valence electrons. The Bertz CT molecular complexity index is 1470. The van der Waals surface area contributed by atoms with Crippen LogP contribution in [0.15, 0.2) is 48.5 Å². The lowest BCUT2D eigenvalue weighted by molar-refractivity contribution is 0.301. The second kappa shape index (κ2) is 13.6. The molecule has 0 radical (unpaired) electrons. The molecule has 4 nitrogen and oxygen atoms in total. The van der Waals surface area contributed by atoms with Crippen molar-refractivity contribution in [3.05, 3.63) is 129 Å². The molecule has 4 aromatic carbocycles. The lowest BCUT2D eigenvalue weighted by atomic mass is 9.90. The maximum absolute atomic E-state index is 15.2. The zero-order valence-electron chi connectivity index (χ0n) is 22.8. The molecule has 0 unspecified atom stereocenters. The van der Waals surface area contributed by atoms with Crippen LogP contribution in [-0.4, -0.2) is 14.2 Å². The van der Waals surface area contributed by atoms with E-state index < -0.39 is 94.5 Å². The van der Waals surface area contributed by atoms with E-state index in [0.29, 0.717) is 22.6 Å². The first-order valence-electron chi connectivity index (χ1n) is 12.7. The molecule has 0 amide bonds. The Labute approximate surface area is 244 Å². The van der Waals surface area contributed by atoms with E-state index in [9.17, 15) is 26.3 Å². The van der Waals surface area contributed by atoms with Crippen molar-refractivity contribution in [3.8, 4) is 11.5 Å². The number of nitrogens with one attached hydrogen (secondary N) is 2. The molecule has 0 saturated carbocycles. The highest BCUT2D eigenvalue weighted by Crippen LogP contribution is 2.39. The monoisotopic (exact) mass is 632 g/mol. The largest absolute Gasteiger partial charge is 0.497 e. The third-order valence-corrected chi connectivity index (χ3v) is 6.81. The van der Waals surface area contributed by atoms with Gasteiger partial charge in [-0.25, -0.2) is 43.9 Å². The van der Waals surface area contributed by atoms with Crippen molar-refractivity contribution in [1.82, 2.24) is 10.6 Å². The number of ether oxygens (including phenoxy) is 2. The smallest absolute Gasteiger partial charge is 0.200 e. The van der Waals surface area contributed by atoms with Gasteiger partial charge in [0.2, 0.25) is 11.6 Å². The number of methoxy groups -OCH3 is 2. The third kappa shape index (κ3) is 6.31. The minimum absolute atomic E-state index is 0.325. The number of benzene rings is 4. The molecule has 0 saturated heterocycles. The highest BCUT2D eigenvalue weighted by molar-refractivity contribution is 5.36. The fourth-order valence-electron chi connectivity index (χ4n) is 4.51. The Hall–Kier alpha value is -4.30. The minimum Gasteiger partial charge on any atom is -0.497 e. The van der Waals surface area contributed by atoms with E-state index in [4.69, 9.17) is 9.47 Å². The van der Waals surface area contributed by atoms with Crippen LogP contribution < -0.4 is 20.1 Å². The molecule has 14 heteroatoms. The lowest BCUT2D eigenvalue weighted by Gasteiger charge is -2.31. The molecule has 0 bridgehead atoms. The Balaban J connectivity index is 1.93. The molecule has 2 atom stereocenters. The maximum atomic E-state index is 15.2. The topological polar surface area (TPSA) is 42.5 Å². The van der Waals surface area contributed by atoms with Gasteiger partial charge in [0.05, 0.1) is 26.3 Å². The van der Waals surface area contributed by atoms with Gasteiger partial charge in [-0.3, -0.25) is 0 Å². The van der Waals surface area contributed by atoms with Gasteiger partial charge in [0.1, 0.15) is 11.5 Å². The highest BCUT2D eigenvalue weighted by atomic mass is 19.2. The molecule has 4 aromatic rings. The minimum atomic E-state index is -2.52. The third-order valence-electron chi connectivity index (χ3n) is 6.81. The molecule has 0 aromatic heterocycles. The number of rotatable bonds is 11. The van der Waals surface area contributed by atoms with E-state index >= 15 is 17.6 Å². The Morgan fingerprint density at radius 3 is 0.932 bits per heavy atom. The number of hydrogen-bond acceptors (Lipinski definition) is 4. The highest BCUT2D eigenvalue weighted by Gasteiger charge is 2.39. The normalized spacial score (nSPS) is 12.7. The lowest BCUT2D eigenvalue weighted by Crippen LogP contribution is -2.38. The first-order valence-corrected chi connectivity index (χ1v) is 12.7. The maximum Gasteiger partial charge on any atom is 0.200 e. The zero-order chi connectivity index (χ0) is 32.3. The second-order valence-corrected chi connectivity index (χ2v) is 9.38. The summed E-state index contributed by atoms with van der Waals surface area (Å²) in [4.78, 5) is 0. The van der Waals surface area contributed by atoms with Gasteiger partial charge in [0.25, 0.3) is 0 Å². The quantitative estimate of drug-likeness (QED) is 0.102. The SMILES string of the molecule is COc1ccc(CN[C@H](c2c(F)c(F)c(F)c(F)c2F)[C@H](NCc2ccc(OC)cc2)c2c(F)c(F)c(F)c(F)c2F)cc1. The molecule has 0 aliphatic rings. The average Bonchev–Trinajstić information content (AvgIpc) is 3.04. The van der Waals surface area contributed by atoms with Gasteiger partial charge < -0.3 is 20.1 Å². The number of hydrogen-bond donors (Lipinski definition) is 2. The van der Waals surface area contributed by atoms with Crippen molar-refractivity contribution < 1.29 is 53.4 Å². The van der Waals surface area contributed by atoms with Crippen LogP contribution in [-0.2, 0) is 13.1 Å². The molecular formula is C30H22F10N2O2. The van der Waals surface area contributed by atoms with Gasteiger partial charge in [-0.05, 0) is 35.4 Å². The van der Waals surface area contributed by atoms with Crippen LogP contribution in [0.4, 0.5) is 43.9 Å². The van der Waals surface area contributed by atoms with Crippen LogP contribution in [0.5, 0.6) is 11.5 Å². The van der Waals surface area contributed by atoms with Crippen molar-refractivity contribution in [2.45, 2.75) is 25.2 Å². The molecule has 4 rings (SSSR count). The van der Waals surface area contributed by atoms with Crippen LogP contribution in [0.3, 0.4) is 0 Å². The second-order valence-electron chi connectivity index (χ2n) is 9.38. The number of halogens is 10. The molecule has 0 spiro atoms. The van der Waals surface area contributed by atoms with Crippen LogP contribution in [0.1, 0.15) is 34.3 Å². The van der Waals surface area contributed by atoms with E-state index in [2.05, 4.69) is 10.6 Å². The predicted molar refractivity (Wildman–Crippen MR) is 138 cm³/mol. The van der Waals surface area contributed by atoms with Gasteiger partial charge in [-0.2, -0.15) is 0 Å². The summed E-state index contributed by atoms with van der Waals surface area (Å²) in [5.41, 5.74) is -2.56. The molecule has 2 N–H and O–H groups in total. The summed E-state index contributed by atoms with van der Waals surface area (Å²) in [7, 11) is 2.74. The van der Waals surface area contributed by atoms with Crippen molar-refractivity contribution in [2.24, 2.45) is 0 Å². The summed E-state index contributed by atoms with van der Waals surface area (Å²) in [5, 5.41) is 4.95. The Morgan fingerprint density at radius 2 is 0.682 bits per heavy atom. The van der Waals surface area contributed by atoms with Gasteiger partial charge in [-0.15, -0.1) is 0 Å². The van der Waals surface area contributed by atoms with E-state index in [1.54, 1.807) is 0 Å². The first kappa shape index (κ1) is 32.6. The predicted octanol–water partition coefficient (Wildman–Crippen LogP) is 7.46. The summed E-state index contributed by atoms with van der Waals surface area (Å²) in [6.45, 7) is -0.880. The van der Waals surface area contributed by atoms with Crippen molar-refractivity contribution in [2.75, 3.05) is 14.2 Å². The van der Waals surface area contributed by atoms with E-state index in [1.165, 1.54) is 62.8 Å². The summed E-state index contributed by atoms with van der Waals surface area (Å²) in [6, 6.07) is 7.02. The fourth-order valence-corrected chi connectivity index (χ4v) is 4.51. The zero-order valence-corrected chi connectivity index (χ0v) is 22.8. The van der Waals surface area contributed by atoms with Gasteiger partial charge >= 0.3 is 0 Å². The molecule has 0 aliphatic carbocycles. The molecule has 0 aliphatic heterocycles. The van der Waals surface area contributed by atoms with E-state index in [-0.39, 0.29) is 0 Å². The first-order chi connectivity index (χ1) is 20.9. The Kier molecular flexibility index (Phi) is 10.0. The molecular weight excluding hydrogens is 610 g/mol. The fraction of sp³-hybridized carbons (Fsp3) is 0.200. The molecule has 44 heavy (non-hydrogen) atoms. The van der Waals surface area contributed by atoms with Crippen LogP contribution >= 0.6 is 0 Å². The Morgan fingerprint density at radius 1 is 0.432 bits per heavy atom. The van der Waals surface area contributed by atoms with Crippen LogP contribution in [0, 0.1) is 58.2 Å². The van der Waals surface area contributed by atoms with Gasteiger partial charge in [-0.1, -0.05) is 24.3 Å². The van der Waals surface area contributed by atoms with E-state index in [0.717, 1.165) is 0 Å². The summed E-state index contributed by atoms with van der Waals surface area (Å²) < 4.78 is 156. The standard InChI is InChI=1S/C30H22F10N2O2/c1-43-15-7-3-13(4-8-15)11-41-29(17-19(31)23(35)27(39)24(36)20(17)32)30(42-12-14-5-9-16(44-2)10-6-14)18-21(33)25(37)28(40)26(38)22(18)34/h3-10,29-30,41-42H,11-12H2,1-2H3/t29-,30-/m1/s1. The van der Waals surface area contributed by atoms with E-state index in [1.807, 2.05) is 0 Å². The molecule has 0 heterocycles. The van der Waals surface area contributed by atoms with Crippen LogP contribution in [0.2, 0.25) is 0 Å². The van der Waals surface area contributed by atoms with Gasteiger partial charge in [0, 0.05) is 24.2 Å². The van der Waals surface area contributed by atoms with Crippen molar-refractivity contribution in [1.29, 1.82) is 0 Å². The van der Waals surface area contributed by atoms with Crippen molar-refractivity contribution >= 4 is 0 Å². The van der Waals surface area contributed by atoms with Crippen molar-refractivity contribution in [3.63, 3.8) is 0 Å². The van der Waals surface area contributed by atoms with Gasteiger partial charge in [0.15, 0.2) is 46.5 Å². The summed E-state index contributed by atoms with van der Waals surface area (Å²) >= 11 is 0. The summed E-state index contributed by atoms with van der Waals surface area (Å²) in [6.07, 6.45) is 0. The molecule has 0 fully saturated rings. The average molecular weight is 632 g/mol.